The van der Waals surface area contributed by atoms with Crippen molar-refractivity contribution in [3.8, 4) is 0 Å². The molecule has 0 saturated heterocycles. The average Bonchev–Trinajstić information content (AvgIpc) is 2.42. The van der Waals surface area contributed by atoms with Crippen molar-refractivity contribution < 1.29 is 4.79 Å². The Balaban J connectivity index is 2.16. The lowest BCUT2D eigenvalue weighted by Crippen LogP contribution is -2.41. The lowest BCUT2D eigenvalue weighted by Gasteiger charge is -2.35. The second-order valence-corrected chi connectivity index (χ2v) is 5.68. The number of amides is 1. The topological polar surface area (TPSA) is 49.6 Å². The van der Waals surface area contributed by atoms with E-state index in [-0.39, 0.29) is 5.91 Å². The highest BCUT2D eigenvalue weighted by molar-refractivity contribution is 9.10. The van der Waals surface area contributed by atoms with E-state index >= 15 is 0 Å². The van der Waals surface area contributed by atoms with Gasteiger partial charge >= 0.3 is 0 Å². The fourth-order valence-electron chi connectivity index (χ4n) is 2.38. The maximum atomic E-state index is 12.2. The van der Waals surface area contributed by atoms with Gasteiger partial charge in [0, 0.05) is 22.9 Å². The summed E-state index contributed by atoms with van der Waals surface area (Å²) in [7, 11) is 1.80. The predicted molar refractivity (Wildman–Crippen MR) is 85.4 cm³/mol. The Morgan fingerprint density at radius 3 is 2.70 bits per heavy atom. The molecule has 2 aromatic carbocycles. The minimum atomic E-state index is 0.0576. The Labute approximate surface area is 125 Å². The van der Waals surface area contributed by atoms with Crippen LogP contribution in [0.15, 0.2) is 46.9 Å². The molecule has 1 amide bonds. The van der Waals surface area contributed by atoms with Gasteiger partial charge in [-0.25, -0.2) is 0 Å². The molecule has 5 heteroatoms. The molecule has 0 unspecified atom stereocenters. The number of fused-ring (bicyclic) bond motifs is 1. The number of nitrogens with two attached hydrogens (primary N) is 1. The number of carbonyl (C=O) groups is 1. The zero-order valence-electron chi connectivity index (χ0n) is 11.0. The van der Waals surface area contributed by atoms with Crippen LogP contribution in [0.3, 0.4) is 0 Å². The van der Waals surface area contributed by atoms with E-state index in [2.05, 4.69) is 15.9 Å². The van der Waals surface area contributed by atoms with E-state index in [4.69, 9.17) is 5.73 Å². The van der Waals surface area contributed by atoms with Crippen molar-refractivity contribution in [1.29, 1.82) is 0 Å². The third kappa shape index (κ3) is 2.14. The van der Waals surface area contributed by atoms with Gasteiger partial charge in [0.25, 0.3) is 0 Å². The van der Waals surface area contributed by atoms with Crippen LogP contribution in [0.2, 0.25) is 0 Å². The number of carbonyl (C=O) groups excluding carboxylic acids is 1. The first-order chi connectivity index (χ1) is 9.56. The molecule has 102 valence electrons. The Kier molecular flexibility index (Phi) is 3.14. The van der Waals surface area contributed by atoms with Crippen LogP contribution in [-0.2, 0) is 4.79 Å². The molecule has 0 bridgehead atoms. The molecule has 2 N–H and O–H groups in total. The Morgan fingerprint density at radius 1 is 1.15 bits per heavy atom. The van der Waals surface area contributed by atoms with Crippen molar-refractivity contribution in [2.24, 2.45) is 0 Å². The molecule has 2 aromatic rings. The van der Waals surface area contributed by atoms with Crippen molar-refractivity contribution >= 4 is 44.6 Å². The highest BCUT2D eigenvalue weighted by Crippen LogP contribution is 2.39. The fourth-order valence-corrected chi connectivity index (χ4v) is 2.73. The van der Waals surface area contributed by atoms with E-state index in [9.17, 15) is 4.79 Å². The van der Waals surface area contributed by atoms with Gasteiger partial charge in [0.15, 0.2) is 0 Å². The average molecular weight is 332 g/mol. The molecule has 1 aliphatic heterocycles. The minimum absolute atomic E-state index is 0.0576. The van der Waals surface area contributed by atoms with Crippen LogP contribution in [0, 0.1) is 0 Å². The zero-order chi connectivity index (χ0) is 14.3. The van der Waals surface area contributed by atoms with Gasteiger partial charge in [-0.05, 0) is 36.4 Å². The van der Waals surface area contributed by atoms with Gasteiger partial charge in [0.05, 0.1) is 11.4 Å². The normalized spacial score (nSPS) is 14.4. The Hall–Kier alpha value is -2.01. The molecule has 0 spiro atoms. The van der Waals surface area contributed by atoms with Crippen LogP contribution in [0.25, 0.3) is 0 Å². The van der Waals surface area contributed by atoms with Crippen LogP contribution in [0.1, 0.15) is 0 Å². The lowest BCUT2D eigenvalue weighted by atomic mass is 10.1. The molecule has 0 atom stereocenters. The summed E-state index contributed by atoms with van der Waals surface area (Å²) < 4.78 is 0.980. The summed E-state index contributed by atoms with van der Waals surface area (Å²) in [6.45, 7) is 0.309. The monoisotopic (exact) mass is 331 g/mol. The van der Waals surface area contributed by atoms with E-state index in [1.807, 2.05) is 47.4 Å². The first-order valence-corrected chi connectivity index (χ1v) is 7.05. The summed E-state index contributed by atoms with van der Waals surface area (Å²) in [6, 6.07) is 13.5. The zero-order valence-corrected chi connectivity index (χ0v) is 12.6. The number of nitrogens with zero attached hydrogens (tertiary/aromatic N) is 2. The molecule has 1 aliphatic rings. The van der Waals surface area contributed by atoms with Crippen LogP contribution >= 0.6 is 15.9 Å². The molecule has 0 aromatic heterocycles. The van der Waals surface area contributed by atoms with E-state index < -0.39 is 0 Å². The molecule has 0 radical (unpaired) electrons. The SMILES string of the molecule is CN1C(=O)CN(c2cccc(N)c2)c2cc(Br)ccc21. The minimum Gasteiger partial charge on any atom is -0.399 e. The summed E-state index contributed by atoms with van der Waals surface area (Å²) in [4.78, 5) is 15.8. The second kappa shape index (κ2) is 4.83. The van der Waals surface area contributed by atoms with Crippen LogP contribution in [0.5, 0.6) is 0 Å². The molecule has 4 nitrogen and oxygen atoms in total. The van der Waals surface area contributed by atoms with Crippen LogP contribution in [-0.4, -0.2) is 19.5 Å². The Bertz CT molecular complexity index is 687. The number of nitrogen functional groups attached to an aromatic ring is 1. The molecule has 3 rings (SSSR count). The highest BCUT2D eigenvalue weighted by Gasteiger charge is 2.27. The standard InChI is InChI=1S/C15H14BrN3O/c1-18-13-6-5-10(16)7-14(13)19(9-15(18)20)12-4-2-3-11(17)8-12/h2-8H,9,17H2,1H3. The van der Waals surface area contributed by atoms with E-state index in [1.165, 1.54) is 0 Å². The summed E-state index contributed by atoms with van der Waals surface area (Å²) in [6.07, 6.45) is 0. The van der Waals surface area contributed by atoms with Crippen LogP contribution < -0.4 is 15.5 Å². The number of likely N-dealkylation sites (N-methyl/N-ethyl adjacent to an activating group) is 1. The number of anilines is 4. The lowest BCUT2D eigenvalue weighted by molar-refractivity contribution is -0.117. The van der Waals surface area contributed by atoms with Crippen molar-refractivity contribution in [2.45, 2.75) is 0 Å². The molecule has 20 heavy (non-hydrogen) atoms. The van der Waals surface area contributed by atoms with Crippen molar-refractivity contribution in [3.63, 3.8) is 0 Å². The van der Waals surface area contributed by atoms with Crippen molar-refractivity contribution in [1.82, 2.24) is 0 Å². The summed E-state index contributed by atoms with van der Waals surface area (Å²) in [5.74, 6) is 0.0576. The quantitative estimate of drug-likeness (QED) is 0.816. The first kappa shape index (κ1) is 13.0. The van der Waals surface area contributed by atoms with Gasteiger partial charge in [0.2, 0.25) is 5.91 Å². The summed E-state index contributed by atoms with van der Waals surface area (Å²) in [5.41, 5.74) is 9.34. The third-order valence-corrected chi connectivity index (χ3v) is 3.93. The molecular formula is C15H14BrN3O. The second-order valence-electron chi connectivity index (χ2n) is 4.77. The third-order valence-electron chi connectivity index (χ3n) is 3.44. The molecular weight excluding hydrogens is 318 g/mol. The molecule has 0 aliphatic carbocycles. The van der Waals surface area contributed by atoms with Gasteiger partial charge in [-0.15, -0.1) is 0 Å². The Morgan fingerprint density at radius 2 is 1.95 bits per heavy atom. The number of hydrogen-bond donors (Lipinski definition) is 1. The fraction of sp³-hybridized carbons (Fsp3) is 0.133. The number of rotatable bonds is 1. The number of hydrogen-bond acceptors (Lipinski definition) is 3. The maximum Gasteiger partial charge on any atom is 0.246 e. The molecule has 1 heterocycles. The molecule has 0 saturated carbocycles. The van der Waals surface area contributed by atoms with Gasteiger partial charge in [-0.2, -0.15) is 0 Å². The van der Waals surface area contributed by atoms with E-state index in [0.717, 1.165) is 21.5 Å². The first-order valence-electron chi connectivity index (χ1n) is 6.25. The van der Waals surface area contributed by atoms with Gasteiger partial charge < -0.3 is 15.5 Å². The predicted octanol–water partition coefficient (Wildman–Crippen LogP) is 3.15. The van der Waals surface area contributed by atoms with Crippen molar-refractivity contribution in [2.75, 3.05) is 29.1 Å². The largest absolute Gasteiger partial charge is 0.399 e. The van der Waals surface area contributed by atoms with Gasteiger partial charge in [-0.3, -0.25) is 4.79 Å². The van der Waals surface area contributed by atoms with E-state index in [0.29, 0.717) is 12.2 Å². The van der Waals surface area contributed by atoms with Gasteiger partial charge in [-0.1, -0.05) is 22.0 Å². The van der Waals surface area contributed by atoms with E-state index in [1.54, 1.807) is 11.9 Å². The molecule has 0 fully saturated rings. The summed E-state index contributed by atoms with van der Waals surface area (Å²) >= 11 is 3.49. The number of benzene rings is 2. The van der Waals surface area contributed by atoms with Gasteiger partial charge in [0.1, 0.15) is 6.54 Å². The maximum absolute atomic E-state index is 12.2. The van der Waals surface area contributed by atoms with Crippen molar-refractivity contribution in [3.05, 3.63) is 46.9 Å². The van der Waals surface area contributed by atoms with Crippen LogP contribution in [0.4, 0.5) is 22.7 Å². The highest BCUT2D eigenvalue weighted by atomic mass is 79.9. The smallest absolute Gasteiger partial charge is 0.246 e. The summed E-state index contributed by atoms with van der Waals surface area (Å²) in [5, 5.41) is 0. The number of halogens is 1.